The molecule has 0 saturated heterocycles. The Morgan fingerprint density at radius 3 is 2.57 bits per heavy atom. The highest BCUT2D eigenvalue weighted by atomic mass is 19.2. The van der Waals surface area contributed by atoms with E-state index >= 15 is 0 Å². The van der Waals surface area contributed by atoms with Gasteiger partial charge in [-0.05, 0) is 12.5 Å². The van der Waals surface area contributed by atoms with Crippen molar-refractivity contribution in [3.63, 3.8) is 0 Å². The van der Waals surface area contributed by atoms with E-state index in [1.54, 1.807) is 0 Å². The van der Waals surface area contributed by atoms with Gasteiger partial charge in [-0.25, -0.2) is 13.2 Å². The molecule has 76 valence electrons. The summed E-state index contributed by atoms with van der Waals surface area (Å²) in [6.07, 6.45) is 2.99. The molecule has 0 heterocycles. The van der Waals surface area contributed by atoms with E-state index in [1.165, 1.54) is 12.2 Å². The molecule has 0 fully saturated rings. The third-order valence-electron chi connectivity index (χ3n) is 1.61. The number of halogens is 3. The van der Waals surface area contributed by atoms with Gasteiger partial charge in [0.1, 0.15) is 5.82 Å². The van der Waals surface area contributed by atoms with Gasteiger partial charge in [-0.2, -0.15) is 0 Å². The fourth-order valence-electron chi connectivity index (χ4n) is 0.982. The summed E-state index contributed by atoms with van der Waals surface area (Å²) in [5, 5.41) is 8.43. The average molecular weight is 202 g/mol. The fourth-order valence-corrected chi connectivity index (χ4v) is 0.982. The highest BCUT2D eigenvalue weighted by Gasteiger charge is 2.07. The summed E-state index contributed by atoms with van der Waals surface area (Å²) < 4.78 is 38.2. The molecule has 0 aliphatic carbocycles. The van der Waals surface area contributed by atoms with E-state index in [4.69, 9.17) is 5.11 Å². The second-order valence-electron chi connectivity index (χ2n) is 2.71. The van der Waals surface area contributed by atoms with E-state index in [9.17, 15) is 13.2 Å². The van der Waals surface area contributed by atoms with Crippen LogP contribution in [0.5, 0.6) is 0 Å². The van der Waals surface area contributed by atoms with Gasteiger partial charge in [-0.1, -0.05) is 12.2 Å². The average Bonchev–Trinajstić information content (AvgIpc) is 2.13. The molecule has 1 aromatic carbocycles. The minimum atomic E-state index is -1.21. The molecule has 0 amide bonds. The fraction of sp³-hybridized carbons (Fsp3) is 0.200. The first kappa shape index (κ1) is 10.8. The smallest absolute Gasteiger partial charge is 0.166 e. The van der Waals surface area contributed by atoms with E-state index in [0.717, 1.165) is 6.07 Å². The molecule has 1 rings (SSSR count). The highest BCUT2D eigenvalue weighted by Crippen LogP contribution is 2.15. The summed E-state index contributed by atoms with van der Waals surface area (Å²) in [6, 6.07) is 1.38. The van der Waals surface area contributed by atoms with Crippen LogP contribution < -0.4 is 0 Å². The zero-order chi connectivity index (χ0) is 10.6. The van der Waals surface area contributed by atoms with Gasteiger partial charge in [-0.3, -0.25) is 0 Å². The van der Waals surface area contributed by atoms with Gasteiger partial charge in [0.05, 0.1) is 0 Å². The molecule has 0 aliphatic heterocycles. The van der Waals surface area contributed by atoms with Crippen molar-refractivity contribution in [1.82, 2.24) is 0 Å². The molecule has 1 nitrogen and oxygen atoms in total. The van der Waals surface area contributed by atoms with Gasteiger partial charge in [0, 0.05) is 18.2 Å². The lowest BCUT2D eigenvalue weighted by Gasteiger charge is -1.98. The number of rotatable bonds is 3. The first-order valence-corrected chi connectivity index (χ1v) is 4.07. The molecule has 0 unspecified atom stereocenters. The SMILES string of the molecule is OCCC=Cc1cc(F)cc(F)c1F. The van der Waals surface area contributed by atoms with Crippen LogP contribution in [0.25, 0.3) is 6.08 Å². The van der Waals surface area contributed by atoms with Gasteiger partial charge in [-0.15, -0.1) is 0 Å². The zero-order valence-electron chi connectivity index (χ0n) is 7.30. The first-order chi connectivity index (χ1) is 6.65. The van der Waals surface area contributed by atoms with Crippen LogP contribution in [0.1, 0.15) is 12.0 Å². The van der Waals surface area contributed by atoms with Crippen LogP contribution in [0.2, 0.25) is 0 Å². The van der Waals surface area contributed by atoms with Crippen LogP contribution in [0.3, 0.4) is 0 Å². The summed E-state index contributed by atoms with van der Waals surface area (Å²) in [6.45, 7) is -0.0874. The van der Waals surface area contributed by atoms with E-state index in [2.05, 4.69) is 0 Å². The van der Waals surface area contributed by atoms with Gasteiger partial charge >= 0.3 is 0 Å². The first-order valence-electron chi connectivity index (χ1n) is 4.07. The molecule has 1 aromatic rings. The molecule has 0 atom stereocenters. The molecule has 0 saturated carbocycles. The van der Waals surface area contributed by atoms with Gasteiger partial charge in [0.15, 0.2) is 11.6 Å². The minimum absolute atomic E-state index is 0.0874. The Balaban J connectivity index is 2.96. The van der Waals surface area contributed by atoms with Crippen molar-refractivity contribution in [2.24, 2.45) is 0 Å². The Kier molecular flexibility index (Phi) is 3.71. The Hall–Kier alpha value is -1.29. The van der Waals surface area contributed by atoms with E-state index < -0.39 is 17.5 Å². The van der Waals surface area contributed by atoms with E-state index in [1.807, 2.05) is 0 Å². The molecule has 14 heavy (non-hydrogen) atoms. The maximum Gasteiger partial charge on any atom is 0.166 e. The molecule has 4 heteroatoms. The van der Waals surface area contributed by atoms with Crippen LogP contribution >= 0.6 is 0 Å². The standard InChI is InChI=1S/C10H9F3O/c11-8-5-7(3-1-2-4-14)10(13)9(12)6-8/h1,3,5-6,14H,2,4H2. The summed E-state index contributed by atoms with van der Waals surface area (Å²) in [7, 11) is 0. The van der Waals surface area contributed by atoms with Crippen LogP contribution in [0.15, 0.2) is 18.2 Å². The Morgan fingerprint density at radius 2 is 1.93 bits per heavy atom. The van der Waals surface area contributed by atoms with Crippen molar-refractivity contribution in [1.29, 1.82) is 0 Å². The Bertz CT molecular complexity index is 347. The van der Waals surface area contributed by atoms with Crippen LogP contribution in [-0.4, -0.2) is 11.7 Å². The Morgan fingerprint density at radius 1 is 1.21 bits per heavy atom. The zero-order valence-corrected chi connectivity index (χ0v) is 7.30. The van der Waals surface area contributed by atoms with Gasteiger partial charge in [0.2, 0.25) is 0 Å². The van der Waals surface area contributed by atoms with Crippen molar-refractivity contribution in [3.05, 3.63) is 41.2 Å². The molecule has 0 aliphatic rings. The Labute approximate surface area is 79.5 Å². The van der Waals surface area contributed by atoms with Crippen molar-refractivity contribution in [2.75, 3.05) is 6.61 Å². The third kappa shape index (κ3) is 2.60. The van der Waals surface area contributed by atoms with Gasteiger partial charge in [0.25, 0.3) is 0 Å². The normalized spacial score (nSPS) is 11.1. The second-order valence-corrected chi connectivity index (χ2v) is 2.71. The second kappa shape index (κ2) is 4.81. The lowest BCUT2D eigenvalue weighted by Crippen LogP contribution is -1.91. The van der Waals surface area contributed by atoms with Gasteiger partial charge < -0.3 is 5.11 Å². The molecule has 0 spiro atoms. The maximum atomic E-state index is 13.0. The largest absolute Gasteiger partial charge is 0.396 e. The van der Waals surface area contributed by atoms with E-state index in [-0.39, 0.29) is 12.2 Å². The lowest BCUT2D eigenvalue weighted by molar-refractivity contribution is 0.303. The van der Waals surface area contributed by atoms with Crippen molar-refractivity contribution < 1.29 is 18.3 Å². The summed E-state index contributed by atoms with van der Waals surface area (Å²) in [4.78, 5) is 0. The molecular formula is C10H9F3O. The summed E-state index contributed by atoms with van der Waals surface area (Å²) in [5.41, 5.74) is -0.157. The van der Waals surface area contributed by atoms with Crippen LogP contribution in [0, 0.1) is 17.5 Å². The summed E-state index contributed by atoms with van der Waals surface area (Å²) in [5.74, 6) is -3.12. The number of hydrogen-bond donors (Lipinski definition) is 1. The minimum Gasteiger partial charge on any atom is -0.396 e. The molecular weight excluding hydrogens is 193 g/mol. The summed E-state index contributed by atoms with van der Waals surface area (Å²) >= 11 is 0. The predicted octanol–water partition coefficient (Wildman–Crippen LogP) is 2.50. The molecule has 0 bridgehead atoms. The monoisotopic (exact) mass is 202 g/mol. The maximum absolute atomic E-state index is 13.0. The predicted molar refractivity (Wildman–Crippen MR) is 47.1 cm³/mol. The number of aliphatic hydroxyl groups is 1. The lowest BCUT2D eigenvalue weighted by atomic mass is 10.1. The highest BCUT2D eigenvalue weighted by molar-refractivity contribution is 5.50. The van der Waals surface area contributed by atoms with Crippen molar-refractivity contribution in [2.45, 2.75) is 6.42 Å². The van der Waals surface area contributed by atoms with Crippen molar-refractivity contribution >= 4 is 6.08 Å². The quantitative estimate of drug-likeness (QED) is 0.746. The van der Waals surface area contributed by atoms with Crippen molar-refractivity contribution in [3.8, 4) is 0 Å². The van der Waals surface area contributed by atoms with E-state index in [0.29, 0.717) is 12.5 Å². The number of benzene rings is 1. The third-order valence-corrected chi connectivity index (χ3v) is 1.61. The number of aliphatic hydroxyl groups excluding tert-OH is 1. The molecule has 1 N–H and O–H groups in total. The number of hydrogen-bond acceptors (Lipinski definition) is 1. The topological polar surface area (TPSA) is 20.2 Å². The molecule has 0 radical (unpaired) electrons. The van der Waals surface area contributed by atoms with Crippen LogP contribution in [0.4, 0.5) is 13.2 Å². The van der Waals surface area contributed by atoms with Crippen LogP contribution in [-0.2, 0) is 0 Å². The molecule has 0 aromatic heterocycles.